The molecule has 2 aliphatic rings. The summed E-state index contributed by atoms with van der Waals surface area (Å²) in [5.41, 5.74) is 7.81. The molecule has 28 heavy (non-hydrogen) atoms. The van der Waals surface area contributed by atoms with Crippen molar-refractivity contribution in [2.24, 2.45) is 10.2 Å². The second-order valence-electron chi connectivity index (χ2n) is 6.30. The Morgan fingerprint density at radius 2 is 1.11 bits per heavy atom. The molecule has 2 N–H and O–H groups in total. The van der Waals surface area contributed by atoms with Crippen LogP contribution in [-0.4, -0.2) is 53.6 Å². The summed E-state index contributed by atoms with van der Waals surface area (Å²) in [4.78, 5) is 4.52. The van der Waals surface area contributed by atoms with Crippen molar-refractivity contribution in [2.45, 2.75) is 38.5 Å². The molecule has 11 heteroatoms. The van der Waals surface area contributed by atoms with Gasteiger partial charge in [0.1, 0.15) is 0 Å². The number of nitrogens with zero attached hydrogens (tertiary/aromatic N) is 5. The summed E-state index contributed by atoms with van der Waals surface area (Å²) in [6.07, 6.45) is 11.1. The van der Waals surface area contributed by atoms with Crippen molar-refractivity contribution in [3.8, 4) is 0 Å². The van der Waals surface area contributed by atoms with Gasteiger partial charge in [-0.3, -0.25) is 0 Å². The SMILES string of the molecule is C(=NNN1CCCCC1)c1cccc(C=NNN2CCCCC2)n1.[Cl-].[Cl-].[Cl-].[Nd+3]. The molecule has 0 aliphatic carbocycles. The van der Waals surface area contributed by atoms with E-state index in [1.807, 2.05) is 18.2 Å². The van der Waals surface area contributed by atoms with Gasteiger partial charge >= 0.3 is 40.8 Å². The van der Waals surface area contributed by atoms with E-state index in [4.69, 9.17) is 0 Å². The first-order valence-corrected chi connectivity index (χ1v) is 8.94. The van der Waals surface area contributed by atoms with Crippen LogP contribution in [0.5, 0.6) is 0 Å². The molecule has 0 saturated carbocycles. The fraction of sp³-hybridized carbons (Fsp3) is 0.588. The molecular formula is C17H27Cl3N7Nd. The Morgan fingerprint density at radius 1 is 0.714 bits per heavy atom. The third kappa shape index (κ3) is 11.4. The van der Waals surface area contributed by atoms with Crippen molar-refractivity contribution in [3.63, 3.8) is 0 Å². The predicted octanol–water partition coefficient (Wildman–Crippen LogP) is -7.26. The molecule has 155 valence electrons. The third-order valence-electron chi connectivity index (χ3n) is 4.30. The van der Waals surface area contributed by atoms with Crippen molar-refractivity contribution in [2.75, 3.05) is 26.2 Å². The Balaban J connectivity index is 0. The van der Waals surface area contributed by atoms with Gasteiger partial charge in [0.05, 0.1) is 23.8 Å². The Kier molecular flexibility index (Phi) is 19.6. The number of hydrazine groups is 2. The van der Waals surface area contributed by atoms with Crippen LogP contribution in [0.15, 0.2) is 28.4 Å². The molecule has 0 spiro atoms. The molecule has 2 aliphatic heterocycles. The summed E-state index contributed by atoms with van der Waals surface area (Å²) in [6.45, 7) is 4.22. The van der Waals surface area contributed by atoms with Crippen molar-refractivity contribution < 1.29 is 78.1 Å². The standard InChI is InChI=1S/C17H27N7.3ClH.Nd/c1-3-10-23(11-4-1)21-18-14-16-8-7-9-17(20-16)15-19-22-24-12-5-2-6-13-24;;;;/h7-9,14-15,21-22H,1-6,10-13H2;3*1H;/q;;;;+3/p-3. The van der Waals surface area contributed by atoms with Gasteiger partial charge in [-0.2, -0.15) is 10.2 Å². The zero-order valence-electron chi connectivity index (χ0n) is 15.8. The normalized spacial score (nSPS) is 17.7. The maximum Gasteiger partial charge on any atom is 3.00 e. The zero-order valence-corrected chi connectivity index (χ0v) is 21.3. The van der Waals surface area contributed by atoms with Crippen molar-refractivity contribution in [1.82, 2.24) is 26.1 Å². The molecule has 0 unspecified atom stereocenters. The second-order valence-corrected chi connectivity index (χ2v) is 6.30. The summed E-state index contributed by atoms with van der Waals surface area (Å²) in [5.74, 6) is 0. The molecule has 0 amide bonds. The number of pyridine rings is 1. The molecule has 0 aromatic carbocycles. The topological polar surface area (TPSA) is 68.2 Å². The number of aromatic nitrogens is 1. The molecule has 0 bridgehead atoms. The Bertz CT molecular complexity index is 520. The first-order chi connectivity index (χ1) is 11.9. The minimum atomic E-state index is 0. The van der Waals surface area contributed by atoms with E-state index in [9.17, 15) is 0 Å². The molecule has 1 aromatic heterocycles. The number of hydrogen-bond acceptors (Lipinski definition) is 7. The Labute approximate surface area is 219 Å². The molecule has 2 saturated heterocycles. The van der Waals surface area contributed by atoms with Gasteiger partial charge in [-0.25, -0.2) is 26.1 Å². The average molecular weight is 580 g/mol. The number of halogens is 3. The van der Waals surface area contributed by atoms with Crippen LogP contribution >= 0.6 is 0 Å². The average Bonchev–Trinajstić information content (AvgIpc) is 2.64. The predicted molar refractivity (Wildman–Crippen MR) is 96.5 cm³/mol. The summed E-state index contributed by atoms with van der Waals surface area (Å²) in [5, 5.41) is 12.9. The van der Waals surface area contributed by atoms with Crippen molar-refractivity contribution in [3.05, 3.63) is 29.6 Å². The molecule has 1 aromatic rings. The second kappa shape index (κ2) is 18.0. The van der Waals surface area contributed by atoms with Crippen molar-refractivity contribution >= 4 is 12.4 Å². The van der Waals surface area contributed by atoms with E-state index >= 15 is 0 Å². The van der Waals surface area contributed by atoms with Gasteiger partial charge < -0.3 is 37.2 Å². The number of hydrogen-bond donors (Lipinski definition) is 2. The van der Waals surface area contributed by atoms with Gasteiger partial charge in [0.15, 0.2) is 0 Å². The van der Waals surface area contributed by atoms with Crippen LogP contribution in [0.2, 0.25) is 0 Å². The molecule has 0 atom stereocenters. The monoisotopic (exact) mass is 576 g/mol. The minimum Gasteiger partial charge on any atom is -1.00 e. The van der Waals surface area contributed by atoms with Gasteiger partial charge in [0.25, 0.3) is 0 Å². The number of nitrogens with one attached hydrogen (secondary N) is 2. The molecule has 7 nitrogen and oxygen atoms in total. The Morgan fingerprint density at radius 3 is 1.50 bits per heavy atom. The number of piperidine rings is 2. The minimum absolute atomic E-state index is 0. The molecule has 1 radical (unpaired) electrons. The first-order valence-electron chi connectivity index (χ1n) is 8.94. The third-order valence-corrected chi connectivity index (χ3v) is 4.30. The summed E-state index contributed by atoms with van der Waals surface area (Å²) in [6, 6.07) is 5.85. The number of rotatable bonds is 6. The van der Waals surface area contributed by atoms with Crippen LogP contribution in [0.25, 0.3) is 0 Å². The van der Waals surface area contributed by atoms with Gasteiger partial charge in [-0.1, -0.05) is 18.9 Å². The Hall–Kier alpha value is 0.231. The smallest absolute Gasteiger partial charge is 1.00 e. The fourth-order valence-corrected chi connectivity index (χ4v) is 2.95. The van der Waals surface area contributed by atoms with Gasteiger partial charge in [-0.15, -0.1) is 0 Å². The van der Waals surface area contributed by atoms with E-state index in [0.29, 0.717) is 0 Å². The van der Waals surface area contributed by atoms with E-state index in [2.05, 4.69) is 36.3 Å². The van der Waals surface area contributed by atoms with E-state index in [1.165, 1.54) is 38.5 Å². The quantitative estimate of drug-likeness (QED) is 0.259. The summed E-state index contributed by atoms with van der Waals surface area (Å²) in [7, 11) is 0. The van der Waals surface area contributed by atoms with Crippen LogP contribution in [-0.2, 0) is 0 Å². The molecule has 2 fully saturated rings. The molecule has 3 rings (SSSR count). The van der Waals surface area contributed by atoms with E-state index in [0.717, 1.165) is 37.6 Å². The largest absolute Gasteiger partial charge is 3.00 e. The zero-order chi connectivity index (χ0) is 16.5. The number of hydrazone groups is 2. The molecular weight excluding hydrogens is 553 g/mol. The van der Waals surface area contributed by atoms with Gasteiger partial charge in [-0.05, 0) is 37.8 Å². The van der Waals surface area contributed by atoms with E-state index in [1.54, 1.807) is 12.4 Å². The van der Waals surface area contributed by atoms with Gasteiger partial charge in [0, 0.05) is 26.2 Å². The summed E-state index contributed by atoms with van der Waals surface area (Å²) < 4.78 is 0. The van der Waals surface area contributed by atoms with Crippen molar-refractivity contribution in [1.29, 1.82) is 0 Å². The van der Waals surface area contributed by atoms with E-state index in [-0.39, 0.29) is 78.1 Å². The van der Waals surface area contributed by atoms with Crippen LogP contribution in [0.1, 0.15) is 49.9 Å². The fourth-order valence-electron chi connectivity index (χ4n) is 2.95. The summed E-state index contributed by atoms with van der Waals surface area (Å²) >= 11 is 0. The first kappa shape index (κ1) is 30.4. The van der Waals surface area contributed by atoms with Gasteiger partial charge in [0.2, 0.25) is 0 Å². The van der Waals surface area contributed by atoms with Crippen LogP contribution < -0.4 is 48.3 Å². The maximum absolute atomic E-state index is 4.52. The maximum atomic E-state index is 4.52. The van der Waals surface area contributed by atoms with Crippen LogP contribution in [0.3, 0.4) is 0 Å². The van der Waals surface area contributed by atoms with E-state index < -0.39 is 0 Å². The van der Waals surface area contributed by atoms with Crippen LogP contribution in [0.4, 0.5) is 0 Å². The van der Waals surface area contributed by atoms with Crippen LogP contribution in [0, 0.1) is 40.8 Å². The molecule has 3 heterocycles.